The SMILES string of the molecule is CNC[C@H]1O[C@@H](N2C=NC3C(N)=NC=NC32)[C@@H]2OC(C)(C)O[C@@H]21. The molecule has 2 saturated heterocycles. The van der Waals surface area contributed by atoms with Crippen LogP contribution in [0.5, 0.6) is 0 Å². The summed E-state index contributed by atoms with van der Waals surface area (Å²) in [7, 11) is 1.89. The van der Waals surface area contributed by atoms with Gasteiger partial charge in [-0.05, 0) is 20.9 Å². The number of hydrogen-bond acceptors (Lipinski definition) is 9. The van der Waals surface area contributed by atoms with E-state index in [2.05, 4.69) is 20.3 Å². The van der Waals surface area contributed by atoms with Crippen LogP contribution >= 0.6 is 0 Å². The first-order valence-corrected chi connectivity index (χ1v) is 7.81. The predicted molar refractivity (Wildman–Crippen MR) is 84.4 cm³/mol. The molecule has 9 heteroatoms. The average Bonchev–Trinajstić information content (AvgIpc) is 3.13. The highest BCUT2D eigenvalue weighted by molar-refractivity contribution is 5.96. The molecule has 0 radical (unpaired) electrons. The van der Waals surface area contributed by atoms with Gasteiger partial charge < -0.3 is 30.2 Å². The largest absolute Gasteiger partial charge is 0.385 e. The normalized spacial score (nSPS) is 43.6. The van der Waals surface area contributed by atoms with Gasteiger partial charge in [-0.1, -0.05) is 0 Å². The molecule has 0 saturated carbocycles. The molecule has 2 unspecified atom stereocenters. The quantitative estimate of drug-likeness (QED) is 0.682. The van der Waals surface area contributed by atoms with E-state index in [9.17, 15) is 0 Å². The highest BCUT2D eigenvalue weighted by atomic mass is 16.8. The molecular weight excluding hydrogens is 300 g/mol. The molecule has 2 fully saturated rings. The summed E-state index contributed by atoms with van der Waals surface area (Å²) in [4.78, 5) is 14.8. The van der Waals surface area contributed by atoms with E-state index in [0.717, 1.165) is 0 Å². The second-order valence-corrected chi connectivity index (χ2v) is 6.58. The lowest BCUT2D eigenvalue weighted by Gasteiger charge is -2.33. The maximum atomic E-state index is 6.20. The van der Waals surface area contributed by atoms with Crippen molar-refractivity contribution in [1.29, 1.82) is 0 Å². The van der Waals surface area contributed by atoms with E-state index in [4.69, 9.17) is 19.9 Å². The van der Waals surface area contributed by atoms with Crippen molar-refractivity contribution in [2.75, 3.05) is 13.6 Å². The number of nitrogens with one attached hydrogen (secondary N) is 1. The fourth-order valence-electron chi connectivity index (χ4n) is 3.57. The molecule has 4 rings (SSSR count). The van der Waals surface area contributed by atoms with E-state index in [1.54, 1.807) is 6.34 Å². The Hall–Kier alpha value is -1.55. The molecule has 0 spiro atoms. The first-order valence-electron chi connectivity index (χ1n) is 7.81. The van der Waals surface area contributed by atoms with Gasteiger partial charge in [-0.25, -0.2) is 9.98 Å². The number of fused-ring (bicyclic) bond motifs is 2. The molecule has 0 aliphatic carbocycles. The van der Waals surface area contributed by atoms with Crippen LogP contribution in [0, 0.1) is 0 Å². The van der Waals surface area contributed by atoms with Crippen LogP contribution in [0.3, 0.4) is 0 Å². The van der Waals surface area contributed by atoms with Crippen molar-refractivity contribution < 1.29 is 14.2 Å². The summed E-state index contributed by atoms with van der Waals surface area (Å²) in [6, 6.07) is -0.263. The Kier molecular flexibility index (Phi) is 3.41. The van der Waals surface area contributed by atoms with Crippen molar-refractivity contribution >= 4 is 18.5 Å². The molecule has 0 amide bonds. The van der Waals surface area contributed by atoms with Crippen LogP contribution in [-0.4, -0.2) is 79.5 Å². The van der Waals surface area contributed by atoms with E-state index in [-0.39, 0.29) is 36.7 Å². The molecule has 0 aromatic heterocycles. The minimum atomic E-state index is -0.629. The number of amidine groups is 1. The molecular formula is C14H22N6O3. The van der Waals surface area contributed by atoms with Gasteiger partial charge in [-0.3, -0.25) is 4.99 Å². The molecule has 0 aromatic rings. The highest BCUT2D eigenvalue weighted by Crippen LogP contribution is 2.40. The minimum Gasteiger partial charge on any atom is -0.385 e. The molecule has 9 nitrogen and oxygen atoms in total. The molecule has 4 heterocycles. The molecule has 4 aliphatic rings. The highest BCUT2D eigenvalue weighted by Gasteiger charge is 2.58. The number of nitrogens with two attached hydrogens (primary N) is 1. The van der Waals surface area contributed by atoms with E-state index in [1.807, 2.05) is 25.8 Å². The summed E-state index contributed by atoms with van der Waals surface area (Å²) in [5.41, 5.74) is 5.92. The molecule has 0 bridgehead atoms. The van der Waals surface area contributed by atoms with Gasteiger partial charge >= 0.3 is 0 Å². The summed E-state index contributed by atoms with van der Waals surface area (Å²) in [6.07, 6.45) is 2.23. The van der Waals surface area contributed by atoms with E-state index >= 15 is 0 Å². The number of rotatable bonds is 3. The molecule has 23 heavy (non-hydrogen) atoms. The summed E-state index contributed by atoms with van der Waals surface area (Å²) in [5.74, 6) is -0.162. The monoisotopic (exact) mass is 322 g/mol. The molecule has 3 N–H and O–H groups in total. The third-order valence-corrected chi connectivity index (χ3v) is 4.50. The molecule has 126 valence electrons. The third-order valence-electron chi connectivity index (χ3n) is 4.50. The summed E-state index contributed by atoms with van der Waals surface area (Å²) < 4.78 is 18.3. The van der Waals surface area contributed by atoms with Crippen LogP contribution in [0.4, 0.5) is 0 Å². The first kappa shape index (κ1) is 15.0. The van der Waals surface area contributed by atoms with Crippen LogP contribution < -0.4 is 11.1 Å². The fourth-order valence-corrected chi connectivity index (χ4v) is 3.57. The van der Waals surface area contributed by atoms with Crippen molar-refractivity contribution in [3.8, 4) is 0 Å². The second kappa shape index (κ2) is 5.23. The lowest BCUT2D eigenvalue weighted by molar-refractivity contribution is -0.200. The van der Waals surface area contributed by atoms with E-state index in [1.165, 1.54) is 6.34 Å². The maximum Gasteiger partial charge on any atom is 0.164 e. The second-order valence-electron chi connectivity index (χ2n) is 6.58. The summed E-state index contributed by atoms with van der Waals surface area (Å²) >= 11 is 0. The Morgan fingerprint density at radius 1 is 1.30 bits per heavy atom. The van der Waals surface area contributed by atoms with Gasteiger partial charge in [0.25, 0.3) is 0 Å². The van der Waals surface area contributed by atoms with Crippen molar-refractivity contribution in [1.82, 2.24) is 10.2 Å². The number of hydrogen-bond donors (Lipinski definition) is 2. The van der Waals surface area contributed by atoms with Gasteiger partial charge in [0.05, 0.1) is 6.34 Å². The Bertz CT molecular complexity index is 577. The zero-order valence-corrected chi connectivity index (χ0v) is 13.4. The van der Waals surface area contributed by atoms with E-state index < -0.39 is 5.79 Å². The zero-order valence-electron chi connectivity index (χ0n) is 13.4. The third kappa shape index (κ3) is 2.35. The average molecular weight is 322 g/mol. The maximum absolute atomic E-state index is 6.20. The number of nitrogens with zero attached hydrogens (tertiary/aromatic N) is 4. The standard InChI is InChI=1S/C14H22N6O3/c1-14(2)22-9-7(4-16-3)21-13(10(9)23-14)20-6-19-8-11(15)17-5-18-12(8)20/h5-10,12-13,16H,4H2,1-3H3,(H2,15,17,18)/t7-,8?,9-,10-,12?,13-/m1/s1. The van der Waals surface area contributed by atoms with Crippen molar-refractivity contribution in [3.63, 3.8) is 0 Å². The lowest BCUT2D eigenvalue weighted by atomic mass is 10.1. The van der Waals surface area contributed by atoms with Gasteiger partial charge in [-0.15, -0.1) is 0 Å². The molecule has 4 aliphatic heterocycles. The number of likely N-dealkylation sites (N-methyl/N-ethyl adjacent to an activating group) is 1. The van der Waals surface area contributed by atoms with Crippen LogP contribution in [0.2, 0.25) is 0 Å². The topological polar surface area (TPSA) is 106 Å². The predicted octanol–water partition coefficient (Wildman–Crippen LogP) is -1.11. The summed E-state index contributed by atoms with van der Waals surface area (Å²) in [6.45, 7) is 4.52. The van der Waals surface area contributed by atoms with Gasteiger partial charge in [0.2, 0.25) is 0 Å². The van der Waals surface area contributed by atoms with Crippen molar-refractivity contribution in [2.45, 2.75) is 56.4 Å². The van der Waals surface area contributed by atoms with Crippen LogP contribution in [-0.2, 0) is 14.2 Å². The summed E-state index contributed by atoms with van der Waals surface area (Å²) in [5, 5.41) is 3.14. The Morgan fingerprint density at radius 2 is 2.09 bits per heavy atom. The van der Waals surface area contributed by atoms with Gasteiger partial charge in [-0.2, -0.15) is 0 Å². The zero-order chi connectivity index (χ0) is 16.2. The van der Waals surface area contributed by atoms with E-state index in [0.29, 0.717) is 12.4 Å². The Morgan fingerprint density at radius 3 is 2.87 bits per heavy atom. The first-order chi connectivity index (χ1) is 11.0. The number of aliphatic imine (C=N–C) groups is 3. The minimum absolute atomic E-state index is 0.0946. The van der Waals surface area contributed by atoms with Crippen LogP contribution in [0.1, 0.15) is 13.8 Å². The molecule has 0 aromatic carbocycles. The van der Waals surface area contributed by atoms with Gasteiger partial charge in [0.1, 0.15) is 36.5 Å². The van der Waals surface area contributed by atoms with Gasteiger partial charge in [0, 0.05) is 6.54 Å². The van der Waals surface area contributed by atoms with Crippen LogP contribution in [0.25, 0.3) is 0 Å². The smallest absolute Gasteiger partial charge is 0.164 e. The van der Waals surface area contributed by atoms with Crippen LogP contribution in [0.15, 0.2) is 15.0 Å². The van der Waals surface area contributed by atoms with Gasteiger partial charge in [0.15, 0.2) is 18.2 Å². The number of ether oxygens (including phenoxy) is 3. The lowest BCUT2D eigenvalue weighted by Crippen LogP contribution is -2.51. The van der Waals surface area contributed by atoms with Crippen molar-refractivity contribution in [3.05, 3.63) is 0 Å². The fraction of sp³-hybridized carbons (Fsp3) is 0.786. The molecule has 6 atom stereocenters. The Balaban J connectivity index is 1.58. The van der Waals surface area contributed by atoms with Crippen molar-refractivity contribution in [2.24, 2.45) is 20.7 Å². The Labute approximate surface area is 134 Å².